The minimum absolute atomic E-state index is 0.0495. The molecule has 0 radical (unpaired) electrons. The van der Waals surface area contributed by atoms with Crippen LogP contribution < -0.4 is 5.32 Å². The van der Waals surface area contributed by atoms with E-state index in [2.05, 4.69) is 26.1 Å². The van der Waals surface area contributed by atoms with Gasteiger partial charge in [0, 0.05) is 6.42 Å². The van der Waals surface area contributed by atoms with Crippen LogP contribution in [0, 0.1) is 17.3 Å². The van der Waals surface area contributed by atoms with Gasteiger partial charge in [-0.25, -0.2) is 4.79 Å². The summed E-state index contributed by atoms with van der Waals surface area (Å²) < 4.78 is 0. The van der Waals surface area contributed by atoms with E-state index in [9.17, 15) is 9.59 Å². The fraction of sp³-hybridized carbons (Fsp3) is 0.846. The minimum atomic E-state index is -0.975. The van der Waals surface area contributed by atoms with Crippen LogP contribution in [0.4, 0.5) is 0 Å². The molecular weight excluding hydrogens is 218 g/mol. The van der Waals surface area contributed by atoms with Crippen LogP contribution in [-0.2, 0) is 9.59 Å². The van der Waals surface area contributed by atoms with E-state index in [0.717, 1.165) is 0 Å². The lowest BCUT2D eigenvalue weighted by atomic mass is 9.80. The molecule has 0 heterocycles. The molecule has 0 aliphatic carbocycles. The van der Waals surface area contributed by atoms with Crippen molar-refractivity contribution in [2.45, 2.75) is 54.0 Å². The Morgan fingerprint density at radius 1 is 1.18 bits per heavy atom. The molecule has 0 rings (SSSR count). The van der Waals surface area contributed by atoms with Crippen LogP contribution in [0.5, 0.6) is 0 Å². The average molecular weight is 243 g/mol. The lowest BCUT2D eigenvalue weighted by Crippen LogP contribution is -2.45. The SMILES string of the molecule is CC(C)[C@@H](NC(=O)CC(C)C(C)(C)C)C(=O)O. The van der Waals surface area contributed by atoms with E-state index in [1.165, 1.54) is 0 Å². The van der Waals surface area contributed by atoms with E-state index in [4.69, 9.17) is 5.11 Å². The molecule has 0 spiro atoms. The van der Waals surface area contributed by atoms with Gasteiger partial charge in [-0.05, 0) is 17.3 Å². The lowest BCUT2D eigenvalue weighted by Gasteiger charge is -2.27. The molecule has 0 aromatic rings. The van der Waals surface area contributed by atoms with Gasteiger partial charge in [-0.15, -0.1) is 0 Å². The lowest BCUT2D eigenvalue weighted by molar-refractivity contribution is -0.143. The fourth-order valence-corrected chi connectivity index (χ4v) is 1.33. The summed E-state index contributed by atoms with van der Waals surface area (Å²) in [7, 11) is 0. The molecular formula is C13H25NO3. The molecule has 0 aromatic heterocycles. The van der Waals surface area contributed by atoms with E-state index in [-0.39, 0.29) is 23.2 Å². The van der Waals surface area contributed by atoms with Crippen molar-refractivity contribution in [2.75, 3.05) is 0 Å². The number of aliphatic carboxylic acids is 1. The molecule has 1 amide bonds. The third-order valence-corrected chi connectivity index (χ3v) is 3.22. The fourth-order valence-electron chi connectivity index (χ4n) is 1.33. The number of carbonyl (C=O) groups excluding carboxylic acids is 1. The molecule has 0 aliphatic rings. The summed E-state index contributed by atoms with van der Waals surface area (Å²) >= 11 is 0. The van der Waals surface area contributed by atoms with Crippen molar-refractivity contribution in [1.29, 1.82) is 0 Å². The Morgan fingerprint density at radius 3 is 1.94 bits per heavy atom. The van der Waals surface area contributed by atoms with Crippen LogP contribution in [0.25, 0.3) is 0 Å². The normalized spacial score (nSPS) is 15.5. The molecule has 2 N–H and O–H groups in total. The molecule has 2 atom stereocenters. The molecule has 0 saturated carbocycles. The van der Waals surface area contributed by atoms with Gasteiger partial charge < -0.3 is 10.4 Å². The molecule has 4 heteroatoms. The predicted octanol–water partition coefficient (Wildman–Crippen LogP) is 2.28. The quantitative estimate of drug-likeness (QED) is 0.778. The topological polar surface area (TPSA) is 66.4 Å². The summed E-state index contributed by atoms with van der Waals surface area (Å²) in [6.45, 7) is 11.8. The van der Waals surface area contributed by atoms with E-state index in [0.29, 0.717) is 6.42 Å². The first-order chi connectivity index (χ1) is 7.55. The van der Waals surface area contributed by atoms with Gasteiger partial charge in [0.2, 0.25) is 5.91 Å². The van der Waals surface area contributed by atoms with Crippen LogP contribution in [0.1, 0.15) is 48.0 Å². The van der Waals surface area contributed by atoms with Gasteiger partial charge in [-0.2, -0.15) is 0 Å². The Morgan fingerprint density at radius 2 is 1.65 bits per heavy atom. The van der Waals surface area contributed by atoms with Crippen molar-refractivity contribution in [3.05, 3.63) is 0 Å². The molecule has 100 valence electrons. The van der Waals surface area contributed by atoms with Crippen molar-refractivity contribution in [2.24, 2.45) is 17.3 Å². The summed E-state index contributed by atoms with van der Waals surface area (Å²) in [5, 5.41) is 11.6. The first kappa shape index (κ1) is 15.9. The van der Waals surface area contributed by atoms with Gasteiger partial charge >= 0.3 is 5.97 Å². The highest BCUT2D eigenvalue weighted by Crippen LogP contribution is 2.27. The van der Waals surface area contributed by atoms with Gasteiger partial charge in [-0.1, -0.05) is 41.5 Å². The second kappa shape index (κ2) is 6.03. The van der Waals surface area contributed by atoms with E-state index >= 15 is 0 Å². The molecule has 1 unspecified atom stereocenters. The number of carbonyl (C=O) groups is 2. The second-order valence-electron chi connectivity index (χ2n) is 6.10. The molecule has 0 fully saturated rings. The van der Waals surface area contributed by atoms with Crippen molar-refractivity contribution in [3.8, 4) is 0 Å². The summed E-state index contributed by atoms with van der Waals surface area (Å²) in [6, 6.07) is -0.797. The number of carboxylic acids is 1. The Bertz CT molecular complexity index is 279. The first-order valence-electron chi connectivity index (χ1n) is 6.08. The summed E-state index contributed by atoms with van der Waals surface area (Å²) in [5.41, 5.74) is 0.0495. The first-order valence-corrected chi connectivity index (χ1v) is 6.08. The van der Waals surface area contributed by atoms with Crippen LogP contribution in [0.15, 0.2) is 0 Å². The van der Waals surface area contributed by atoms with Crippen molar-refractivity contribution in [3.63, 3.8) is 0 Å². The van der Waals surface area contributed by atoms with Crippen molar-refractivity contribution < 1.29 is 14.7 Å². The minimum Gasteiger partial charge on any atom is -0.480 e. The predicted molar refractivity (Wildman–Crippen MR) is 67.6 cm³/mol. The van der Waals surface area contributed by atoms with Gasteiger partial charge in [-0.3, -0.25) is 4.79 Å². The summed E-state index contributed by atoms with van der Waals surface area (Å²) in [4.78, 5) is 22.7. The number of rotatable bonds is 5. The Balaban J connectivity index is 4.40. The van der Waals surface area contributed by atoms with E-state index in [1.54, 1.807) is 13.8 Å². The smallest absolute Gasteiger partial charge is 0.326 e. The summed E-state index contributed by atoms with van der Waals surface area (Å²) in [6.07, 6.45) is 0.361. The van der Waals surface area contributed by atoms with Crippen LogP contribution >= 0.6 is 0 Å². The zero-order valence-electron chi connectivity index (χ0n) is 11.7. The molecule has 17 heavy (non-hydrogen) atoms. The highest BCUT2D eigenvalue weighted by molar-refractivity contribution is 5.83. The van der Waals surface area contributed by atoms with Gasteiger partial charge in [0.05, 0.1) is 0 Å². The monoisotopic (exact) mass is 243 g/mol. The zero-order valence-corrected chi connectivity index (χ0v) is 11.7. The Labute approximate surface area is 104 Å². The second-order valence-corrected chi connectivity index (χ2v) is 6.10. The maximum absolute atomic E-state index is 11.7. The highest BCUT2D eigenvalue weighted by Gasteiger charge is 2.27. The number of carboxylic acid groups (broad SMARTS) is 1. The van der Waals surface area contributed by atoms with Gasteiger partial charge in [0.1, 0.15) is 6.04 Å². The number of nitrogens with one attached hydrogen (secondary N) is 1. The van der Waals surface area contributed by atoms with E-state index in [1.807, 2.05) is 6.92 Å². The molecule has 0 aromatic carbocycles. The summed E-state index contributed by atoms with van der Waals surface area (Å²) in [5.74, 6) is -1.06. The third kappa shape index (κ3) is 5.71. The molecule has 0 aliphatic heterocycles. The standard InChI is InChI=1S/C13H25NO3/c1-8(2)11(12(16)17)14-10(15)7-9(3)13(4,5)6/h8-9,11H,7H2,1-6H3,(H,14,15)(H,16,17)/t9?,11-/m1/s1. The molecule has 4 nitrogen and oxygen atoms in total. The Kier molecular flexibility index (Phi) is 5.66. The third-order valence-electron chi connectivity index (χ3n) is 3.22. The van der Waals surface area contributed by atoms with E-state index < -0.39 is 12.0 Å². The van der Waals surface area contributed by atoms with Crippen molar-refractivity contribution in [1.82, 2.24) is 5.32 Å². The van der Waals surface area contributed by atoms with Crippen LogP contribution in [0.3, 0.4) is 0 Å². The van der Waals surface area contributed by atoms with Gasteiger partial charge in [0.25, 0.3) is 0 Å². The largest absolute Gasteiger partial charge is 0.480 e. The van der Waals surface area contributed by atoms with Crippen LogP contribution in [-0.4, -0.2) is 23.0 Å². The molecule has 0 bridgehead atoms. The van der Waals surface area contributed by atoms with Crippen molar-refractivity contribution >= 4 is 11.9 Å². The Hall–Kier alpha value is -1.06. The highest BCUT2D eigenvalue weighted by atomic mass is 16.4. The van der Waals surface area contributed by atoms with Gasteiger partial charge in [0.15, 0.2) is 0 Å². The zero-order chi connectivity index (χ0) is 13.8. The number of hydrogen-bond acceptors (Lipinski definition) is 2. The maximum atomic E-state index is 11.7. The molecule has 0 saturated heterocycles. The number of amides is 1. The maximum Gasteiger partial charge on any atom is 0.326 e. The average Bonchev–Trinajstić information content (AvgIpc) is 2.11. The van der Waals surface area contributed by atoms with Crippen LogP contribution in [0.2, 0.25) is 0 Å². The number of hydrogen-bond donors (Lipinski definition) is 2.